The summed E-state index contributed by atoms with van der Waals surface area (Å²) in [5, 5.41) is 2.80. The van der Waals surface area contributed by atoms with Crippen LogP contribution >= 0.6 is 0 Å². The van der Waals surface area contributed by atoms with Crippen molar-refractivity contribution < 1.29 is 23.8 Å². The number of methoxy groups -OCH3 is 2. The van der Waals surface area contributed by atoms with Crippen LogP contribution in [-0.4, -0.2) is 45.0 Å². The molecule has 0 aliphatic rings. The predicted octanol–water partition coefficient (Wildman–Crippen LogP) is 4.24. The first-order valence-electron chi connectivity index (χ1n) is 9.99. The normalized spacial score (nSPS) is 10.2. The fourth-order valence-corrected chi connectivity index (χ4v) is 3.10. The van der Waals surface area contributed by atoms with E-state index < -0.39 is 5.91 Å². The van der Waals surface area contributed by atoms with E-state index in [2.05, 4.69) is 5.32 Å². The molecule has 3 rings (SSSR count). The molecule has 1 N–H and O–H groups in total. The van der Waals surface area contributed by atoms with Crippen molar-refractivity contribution in [2.75, 3.05) is 33.6 Å². The third kappa shape index (κ3) is 5.18. The van der Waals surface area contributed by atoms with Crippen LogP contribution in [0.15, 0.2) is 66.7 Å². The topological polar surface area (TPSA) is 77.1 Å². The number of ether oxygens (including phenoxy) is 3. The average molecular weight is 434 g/mol. The lowest BCUT2D eigenvalue weighted by Crippen LogP contribution is -2.24. The maximum Gasteiger partial charge on any atom is 0.255 e. The molecular formula is C25H26N2O5. The number of amides is 2. The first-order valence-corrected chi connectivity index (χ1v) is 9.99. The maximum absolute atomic E-state index is 13.0. The lowest BCUT2D eigenvalue weighted by molar-refractivity contribution is 0.0828. The molecule has 7 heteroatoms. The minimum Gasteiger partial charge on any atom is -0.493 e. The number of benzene rings is 3. The Balaban J connectivity index is 1.87. The van der Waals surface area contributed by atoms with Gasteiger partial charge in [0.2, 0.25) is 5.75 Å². The highest BCUT2D eigenvalue weighted by Gasteiger charge is 2.20. The Kier molecular flexibility index (Phi) is 7.33. The van der Waals surface area contributed by atoms with Crippen LogP contribution in [0.2, 0.25) is 0 Å². The van der Waals surface area contributed by atoms with Gasteiger partial charge in [0, 0.05) is 19.7 Å². The molecule has 0 aliphatic carbocycles. The summed E-state index contributed by atoms with van der Waals surface area (Å²) >= 11 is 0. The van der Waals surface area contributed by atoms with Crippen molar-refractivity contribution in [1.82, 2.24) is 4.90 Å². The summed E-state index contributed by atoms with van der Waals surface area (Å²) in [7, 11) is 6.31. The number of nitrogens with zero attached hydrogens (tertiary/aromatic N) is 1. The van der Waals surface area contributed by atoms with Gasteiger partial charge < -0.3 is 24.4 Å². The summed E-state index contributed by atoms with van der Waals surface area (Å²) in [5.41, 5.74) is 2.10. The molecule has 3 aromatic carbocycles. The SMILES string of the molecule is COc1cc(C(=O)Nc2ccccc2C(=O)N(C)C)cc(OC)c1OCc1ccccc1. The Morgan fingerprint density at radius 2 is 1.47 bits per heavy atom. The smallest absolute Gasteiger partial charge is 0.255 e. The fourth-order valence-electron chi connectivity index (χ4n) is 3.10. The van der Waals surface area contributed by atoms with Crippen molar-refractivity contribution >= 4 is 17.5 Å². The zero-order valence-corrected chi connectivity index (χ0v) is 18.5. The molecule has 7 nitrogen and oxygen atoms in total. The Hall–Kier alpha value is -4.00. The van der Waals surface area contributed by atoms with Crippen molar-refractivity contribution in [3.63, 3.8) is 0 Å². The van der Waals surface area contributed by atoms with Gasteiger partial charge in [-0.2, -0.15) is 0 Å². The number of nitrogens with one attached hydrogen (secondary N) is 1. The molecule has 0 bridgehead atoms. The van der Waals surface area contributed by atoms with Gasteiger partial charge in [-0.05, 0) is 29.8 Å². The highest BCUT2D eigenvalue weighted by Crippen LogP contribution is 2.39. The van der Waals surface area contributed by atoms with Gasteiger partial charge >= 0.3 is 0 Å². The van der Waals surface area contributed by atoms with Crippen molar-refractivity contribution in [2.45, 2.75) is 6.61 Å². The summed E-state index contributed by atoms with van der Waals surface area (Å²) in [6, 6.07) is 19.7. The van der Waals surface area contributed by atoms with E-state index >= 15 is 0 Å². The first kappa shape index (κ1) is 22.7. The van der Waals surface area contributed by atoms with Gasteiger partial charge in [0.25, 0.3) is 11.8 Å². The molecule has 0 fully saturated rings. The van der Waals surface area contributed by atoms with Crippen molar-refractivity contribution in [3.05, 3.63) is 83.4 Å². The number of hydrogen-bond acceptors (Lipinski definition) is 5. The van der Waals surface area contributed by atoms with Crippen molar-refractivity contribution in [2.24, 2.45) is 0 Å². The number of anilines is 1. The van der Waals surface area contributed by atoms with Crippen molar-refractivity contribution in [1.29, 1.82) is 0 Å². The Morgan fingerprint density at radius 1 is 0.875 bits per heavy atom. The van der Waals surface area contributed by atoms with E-state index in [4.69, 9.17) is 14.2 Å². The van der Waals surface area contributed by atoms with Gasteiger partial charge in [0.15, 0.2) is 11.5 Å². The molecule has 0 radical (unpaired) electrons. The van der Waals surface area contributed by atoms with Gasteiger partial charge in [-0.3, -0.25) is 9.59 Å². The van der Waals surface area contributed by atoms with Gasteiger partial charge in [-0.1, -0.05) is 42.5 Å². The molecule has 0 aliphatic heterocycles. The Labute approximate surface area is 187 Å². The van der Waals surface area contributed by atoms with Gasteiger partial charge in [-0.15, -0.1) is 0 Å². The van der Waals surface area contributed by atoms with Gasteiger partial charge in [-0.25, -0.2) is 0 Å². The van der Waals surface area contributed by atoms with Crippen LogP contribution in [-0.2, 0) is 6.61 Å². The Bertz CT molecular complexity index is 1070. The van der Waals surface area contributed by atoms with Crippen molar-refractivity contribution in [3.8, 4) is 17.2 Å². The van der Waals surface area contributed by atoms with Crippen LogP contribution in [0.25, 0.3) is 0 Å². The molecule has 0 saturated carbocycles. The number of para-hydroxylation sites is 1. The highest BCUT2D eigenvalue weighted by atomic mass is 16.5. The van der Waals surface area contributed by atoms with Gasteiger partial charge in [0.05, 0.1) is 25.5 Å². The van der Waals surface area contributed by atoms with E-state index in [0.29, 0.717) is 40.7 Å². The second kappa shape index (κ2) is 10.3. The molecule has 0 aromatic heterocycles. The molecule has 166 valence electrons. The van der Waals surface area contributed by atoms with Crippen LogP contribution in [0.3, 0.4) is 0 Å². The van der Waals surface area contributed by atoms with Crippen LogP contribution in [0.5, 0.6) is 17.2 Å². The molecule has 0 atom stereocenters. The molecule has 0 unspecified atom stereocenters. The summed E-state index contributed by atoms with van der Waals surface area (Å²) in [4.78, 5) is 26.9. The summed E-state index contributed by atoms with van der Waals surface area (Å²) in [5.74, 6) is 0.515. The second-order valence-electron chi connectivity index (χ2n) is 7.18. The lowest BCUT2D eigenvalue weighted by Gasteiger charge is -2.17. The van der Waals surface area contributed by atoms with E-state index in [1.165, 1.54) is 19.1 Å². The van der Waals surface area contributed by atoms with Crippen LogP contribution in [0.4, 0.5) is 5.69 Å². The predicted molar refractivity (Wildman–Crippen MR) is 123 cm³/mol. The minimum atomic E-state index is -0.407. The molecule has 32 heavy (non-hydrogen) atoms. The molecule has 2 amide bonds. The monoisotopic (exact) mass is 434 g/mol. The largest absolute Gasteiger partial charge is 0.493 e. The first-order chi connectivity index (χ1) is 15.4. The zero-order chi connectivity index (χ0) is 23.1. The molecule has 0 heterocycles. The summed E-state index contributed by atoms with van der Waals surface area (Å²) in [6.45, 7) is 0.319. The Morgan fingerprint density at radius 3 is 2.06 bits per heavy atom. The third-order valence-corrected chi connectivity index (χ3v) is 4.76. The molecule has 0 spiro atoms. The lowest BCUT2D eigenvalue weighted by atomic mass is 10.1. The zero-order valence-electron chi connectivity index (χ0n) is 18.5. The molecule has 3 aromatic rings. The fraction of sp³-hybridized carbons (Fsp3) is 0.200. The standard InChI is InChI=1S/C25H26N2O5/c1-27(2)25(29)19-12-8-9-13-20(19)26-24(28)18-14-21(30-3)23(22(15-18)31-4)32-16-17-10-6-5-7-11-17/h5-15H,16H2,1-4H3,(H,26,28). The third-order valence-electron chi connectivity index (χ3n) is 4.76. The quantitative estimate of drug-likeness (QED) is 0.574. The molecule has 0 saturated heterocycles. The van der Waals surface area contributed by atoms with Crippen LogP contribution in [0, 0.1) is 0 Å². The number of carbonyl (C=O) groups excluding carboxylic acids is 2. The second-order valence-corrected chi connectivity index (χ2v) is 7.18. The molecular weight excluding hydrogens is 408 g/mol. The highest BCUT2D eigenvalue weighted by molar-refractivity contribution is 6.09. The van der Waals surface area contributed by atoms with E-state index in [-0.39, 0.29) is 5.91 Å². The van der Waals surface area contributed by atoms with E-state index in [1.54, 1.807) is 50.5 Å². The number of carbonyl (C=O) groups is 2. The summed E-state index contributed by atoms with van der Waals surface area (Å²) in [6.07, 6.45) is 0. The van der Waals surface area contributed by atoms with Gasteiger partial charge in [0.1, 0.15) is 6.61 Å². The van der Waals surface area contributed by atoms with Crippen LogP contribution < -0.4 is 19.5 Å². The van der Waals surface area contributed by atoms with E-state index in [0.717, 1.165) is 5.56 Å². The van der Waals surface area contributed by atoms with Crippen LogP contribution in [0.1, 0.15) is 26.3 Å². The average Bonchev–Trinajstić information content (AvgIpc) is 2.82. The number of hydrogen-bond donors (Lipinski definition) is 1. The van der Waals surface area contributed by atoms with E-state index in [1.807, 2.05) is 30.3 Å². The number of rotatable bonds is 8. The van der Waals surface area contributed by atoms with E-state index in [9.17, 15) is 9.59 Å². The summed E-state index contributed by atoms with van der Waals surface area (Å²) < 4.78 is 16.9. The minimum absolute atomic E-state index is 0.208. The maximum atomic E-state index is 13.0.